The van der Waals surface area contributed by atoms with Crippen LogP contribution in [0.3, 0.4) is 0 Å². The first-order valence-electron chi connectivity index (χ1n) is 7.73. The first-order valence-corrected chi connectivity index (χ1v) is 7.73. The van der Waals surface area contributed by atoms with Crippen LogP contribution in [0, 0.1) is 0 Å². The lowest BCUT2D eigenvalue weighted by atomic mass is 10.3. The summed E-state index contributed by atoms with van der Waals surface area (Å²) in [6, 6.07) is 5.80. The van der Waals surface area contributed by atoms with E-state index >= 15 is 0 Å². The van der Waals surface area contributed by atoms with Crippen molar-refractivity contribution in [3.63, 3.8) is 0 Å². The molecule has 140 valence electrons. The van der Waals surface area contributed by atoms with Gasteiger partial charge in [-0.2, -0.15) is 5.10 Å². The Morgan fingerprint density at radius 3 is 2.46 bits per heavy atom. The van der Waals surface area contributed by atoms with Crippen LogP contribution < -0.4 is 10.1 Å². The highest BCUT2D eigenvalue weighted by Gasteiger charge is 2.31. The van der Waals surface area contributed by atoms with Crippen LogP contribution in [0.2, 0.25) is 0 Å². The quantitative estimate of drug-likeness (QED) is 0.769. The fraction of sp³-hybridized carbons (Fsp3) is 0.375. The van der Waals surface area contributed by atoms with E-state index in [2.05, 4.69) is 15.2 Å². The minimum atomic E-state index is -4.81. The van der Waals surface area contributed by atoms with Gasteiger partial charge in [-0.15, -0.1) is 13.2 Å². The number of hydrogen-bond donors (Lipinski definition) is 1. The Morgan fingerprint density at radius 2 is 1.92 bits per heavy atom. The van der Waals surface area contributed by atoms with Gasteiger partial charge in [-0.05, 0) is 43.2 Å². The molecule has 1 aromatic heterocycles. The maximum atomic E-state index is 13.1. The van der Waals surface area contributed by atoms with Crippen molar-refractivity contribution in [2.45, 2.75) is 38.1 Å². The Hall–Kier alpha value is -2.65. The molecule has 1 amide bonds. The molecular weight excluding hydrogens is 361 g/mol. The molecule has 1 N–H and O–H groups in total. The molecule has 5 nitrogen and oxygen atoms in total. The van der Waals surface area contributed by atoms with Gasteiger partial charge in [0.1, 0.15) is 18.0 Å². The van der Waals surface area contributed by atoms with Crippen LogP contribution in [-0.4, -0.2) is 22.1 Å². The number of carbonyl (C=O) groups excluding carboxylic acids is 1. The second-order valence-electron chi connectivity index (χ2n) is 5.85. The standard InChI is InChI=1S/C16H14F5N3O2/c17-15(18)13-7-12(9-1-2-9)23-24(13)8-14(25)22-10-3-5-11(6-4-10)26-16(19,20)21/h3-7,9,15H,1-2,8H2,(H,22,25). The largest absolute Gasteiger partial charge is 0.573 e. The number of benzene rings is 1. The van der Waals surface area contributed by atoms with Crippen molar-refractivity contribution in [3.05, 3.63) is 41.7 Å². The minimum absolute atomic E-state index is 0.165. The zero-order valence-corrected chi connectivity index (χ0v) is 13.3. The van der Waals surface area contributed by atoms with Crippen molar-refractivity contribution in [3.8, 4) is 5.75 Å². The number of halogens is 5. The second kappa shape index (κ2) is 6.93. The van der Waals surface area contributed by atoms with Crippen molar-refractivity contribution < 1.29 is 31.5 Å². The van der Waals surface area contributed by atoms with Crippen molar-refractivity contribution >= 4 is 11.6 Å². The fourth-order valence-corrected chi connectivity index (χ4v) is 2.41. The number of anilines is 1. The van der Waals surface area contributed by atoms with Crippen LogP contribution in [-0.2, 0) is 11.3 Å². The summed E-state index contributed by atoms with van der Waals surface area (Å²) in [6.45, 7) is -0.423. The van der Waals surface area contributed by atoms with Gasteiger partial charge in [0.15, 0.2) is 0 Å². The van der Waals surface area contributed by atoms with E-state index in [1.54, 1.807) is 0 Å². The highest BCUT2D eigenvalue weighted by Crippen LogP contribution is 2.40. The van der Waals surface area contributed by atoms with Crippen molar-refractivity contribution in [2.75, 3.05) is 5.32 Å². The highest BCUT2D eigenvalue weighted by atomic mass is 19.4. The fourth-order valence-electron chi connectivity index (χ4n) is 2.41. The first-order chi connectivity index (χ1) is 12.2. The third-order valence-electron chi connectivity index (χ3n) is 3.71. The van der Waals surface area contributed by atoms with E-state index in [4.69, 9.17) is 0 Å². The number of hydrogen-bond acceptors (Lipinski definition) is 3. The van der Waals surface area contributed by atoms with Crippen LogP contribution >= 0.6 is 0 Å². The number of nitrogens with one attached hydrogen (secondary N) is 1. The predicted molar refractivity (Wildman–Crippen MR) is 80.9 cm³/mol. The molecular formula is C16H14F5N3O2. The predicted octanol–water partition coefficient (Wildman–Crippen LogP) is 4.24. The van der Waals surface area contributed by atoms with Crippen LogP contribution in [0.25, 0.3) is 0 Å². The maximum Gasteiger partial charge on any atom is 0.573 e. The summed E-state index contributed by atoms with van der Waals surface area (Å²) in [5, 5.41) is 6.48. The Bertz CT molecular complexity index is 782. The molecule has 0 radical (unpaired) electrons. The maximum absolute atomic E-state index is 13.1. The van der Waals surface area contributed by atoms with Gasteiger partial charge in [0.25, 0.3) is 6.43 Å². The van der Waals surface area contributed by atoms with E-state index in [-0.39, 0.29) is 17.3 Å². The molecule has 1 aromatic carbocycles. The Labute approximate surface area is 144 Å². The molecule has 0 spiro atoms. The average Bonchev–Trinajstić information content (AvgIpc) is 3.29. The lowest BCUT2D eigenvalue weighted by Gasteiger charge is -2.10. The second-order valence-corrected chi connectivity index (χ2v) is 5.85. The van der Waals surface area contributed by atoms with E-state index in [9.17, 15) is 26.7 Å². The number of amides is 1. The number of nitrogens with zero attached hydrogens (tertiary/aromatic N) is 2. The molecule has 0 atom stereocenters. The molecule has 26 heavy (non-hydrogen) atoms. The zero-order chi connectivity index (χ0) is 18.9. The smallest absolute Gasteiger partial charge is 0.406 e. The Balaban J connectivity index is 1.64. The lowest BCUT2D eigenvalue weighted by Crippen LogP contribution is -2.21. The summed E-state index contributed by atoms with van der Waals surface area (Å²) >= 11 is 0. The van der Waals surface area contributed by atoms with E-state index in [1.165, 1.54) is 18.2 Å². The molecule has 0 unspecified atom stereocenters. The summed E-state index contributed by atoms with van der Waals surface area (Å²) < 4.78 is 67.1. The van der Waals surface area contributed by atoms with Gasteiger partial charge in [-0.3, -0.25) is 9.48 Å². The summed E-state index contributed by atoms with van der Waals surface area (Å²) in [5.74, 6) is -0.892. The van der Waals surface area contributed by atoms with Crippen molar-refractivity contribution in [1.29, 1.82) is 0 Å². The van der Waals surface area contributed by atoms with Gasteiger partial charge < -0.3 is 10.1 Å². The number of aromatic nitrogens is 2. The molecule has 3 rings (SSSR count). The SMILES string of the molecule is O=C(Cn1nc(C2CC2)cc1C(F)F)Nc1ccc(OC(F)(F)F)cc1. The van der Waals surface area contributed by atoms with E-state index in [0.29, 0.717) is 5.69 Å². The number of alkyl halides is 5. The topological polar surface area (TPSA) is 56.2 Å². The molecule has 0 bridgehead atoms. The molecule has 1 fully saturated rings. The van der Waals surface area contributed by atoms with Gasteiger partial charge in [0.05, 0.1) is 5.69 Å². The van der Waals surface area contributed by atoms with Crippen molar-refractivity contribution in [2.24, 2.45) is 0 Å². The van der Waals surface area contributed by atoms with Gasteiger partial charge >= 0.3 is 6.36 Å². The monoisotopic (exact) mass is 375 g/mol. The normalized spacial score (nSPS) is 14.5. The zero-order valence-electron chi connectivity index (χ0n) is 13.3. The third-order valence-corrected chi connectivity index (χ3v) is 3.71. The summed E-state index contributed by atoms with van der Waals surface area (Å²) in [5.41, 5.74) is 0.412. The number of rotatable bonds is 6. The van der Waals surface area contributed by atoms with Gasteiger partial charge in [0, 0.05) is 11.6 Å². The lowest BCUT2D eigenvalue weighted by molar-refractivity contribution is -0.274. The number of carbonyl (C=O) groups is 1. The van der Waals surface area contributed by atoms with Crippen LogP contribution in [0.4, 0.5) is 27.6 Å². The third kappa shape index (κ3) is 4.70. The van der Waals surface area contributed by atoms with E-state index in [1.807, 2.05) is 0 Å². The Morgan fingerprint density at radius 1 is 1.27 bits per heavy atom. The summed E-state index contributed by atoms with van der Waals surface area (Å²) in [6.07, 6.45) is -5.80. The average molecular weight is 375 g/mol. The van der Waals surface area contributed by atoms with Gasteiger partial charge in [-0.25, -0.2) is 8.78 Å². The van der Waals surface area contributed by atoms with Crippen molar-refractivity contribution in [1.82, 2.24) is 9.78 Å². The molecule has 1 saturated carbocycles. The Kier molecular flexibility index (Phi) is 4.84. The summed E-state index contributed by atoms with van der Waals surface area (Å²) in [4.78, 5) is 12.0. The molecule has 1 aliphatic carbocycles. The molecule has 10 heteroatoms. The van der Waals surface area contributed by atoms with Gasteiger partial charge in [0.2, 0.25) is 5.91 Å². The minimum Gasteiger partial charge on any atom is -0.406 e. The highest BCUT2D eigenvalue weighted by molar-refractivity contribution is 5.90. The van der Waals surface area contributed by atoms with E-state index in [0.717, 1.165) is 29.7 Å². The molecule has 1 aliphatic rings. The molecule has 2 aromatic rings. The molecule has 0 saturated heterocycles. The van der Waals surface area contributed by atoms with Crippen LogP contribution in [0.1, 0.15) is 36.6 Å². The molecule has 1 heterocycles. The first kappa shape index (κ1) is 18.2. The number of ether oxygens (including phenoxy) is 1. The van der Waals surface area contributed by atoms with Crippen LogP contribution in [0.15, 0.2) is 30.3 Å². The molecule has 0 aliphatic heterocycles. The van der Waals surface area contributed by atoms with Gasteiger partial charge in [-0.1, -0.05) is 0 Å². The van der Waals surface area contributed by atoms with Crippen LogP contribution in [0.5, 0.6) is 5.75 Å². The summed E-state index contributed by atoms with van der Waals surface area (Å²) in [7, 11) is 0. The van der Waals surface area contributed by atoms with E-state index < -0.39 is 31.0 Å².